The van der Waals surface area contributed by atoms with Gasteiger partial charge in [-0.25, -0.2) is 13.4 Å². The van der Waals surface area contributed by atoms with E-state index >= 15 is 0 Å². The fourth-order valence-electron chi connectivity index (χ4n) is 2.75. The summed E-state index contributed by atoms with van der Waals surface area (Å²) in [4.78, 5) is 30.1. The zero-order chi connectivity index (χ0) is 19.9. The van der Waals surface area contributed by atoms with Crippen molar-refractivity contribution in [3.63, 3.8) is 0 Å². The van der Waals surface area contributed by atoms with Gasteiger partial charge in [-0.3, -0.25) is 9.59 Å². The van der Waals surface area contributed by atoms with E-state index in [1.54, 1.807) is 12.1 Å². The Morgan fingerprint density at radius 1 is 1.25 bits per heavy atom. The van der Waals surface area contributed by atoms with E-state index < -0.39 is 15.1 Å². The number of nitrogens with one attached hydrogen (secondary N) is 2. The maximum Gasteiger partial charge on any atom is 0.238 e. The van der Waals surface area contributed by atoms with Gasteiger partial charge in [0.1, 0.15) is 0 Å². The molecular weight excluding hydrogens is 418 g/mol. The van der Waals surface area contributed by atoms with Crippen LogP contribution in [-0.4, -0.2) is 36.7 Å². The second-order valence-corrected chi connectivity index (χ2v) is 10.6. The van der Waals surface area contributed by atoms with Crippen LogP contribution in [0.3, 0.4) is 0 Å². The van der Waals surface area contributed by atoms with Crippen LogP contribution in [0.1, 0.15) is 6.42 Å². The number of thioether (sulfide) groups is 1. The summed E-state index contributed by atoms with van der Waals surface area (Å²) in [5.41, 5.74) is 1.36. The average molecular weight is 434 g/mol. The Bertz CT molecular complexity index is 1200. The lowest BCUT2D eigenvalue weighted by Gasteiger charge is -2.23. The van der Waals surface area contributed by atoms with Gasteiger partial charge in [-0.05, 0) is 30.3 Å². The van der Waals surface area contributed by atoms with Gasteiger partial charge >= 0.3 is 0 Å². The lowest BCUT2D eigenvalue weighted by molar-refractivity contribution is -0.120. The highest BCUT2D eigenvalue weighted by atomic mass is 32.2. The van der Waals surface area contributed by atoms with E-state index in [0.29, 0.717) is 15.3 Å². The molecule has 1 aliphatic heterocycles. The van der Waals surface area contributed by atoms with Gasteiger partial charge in [-0.15, -0.1) is 11.8 Å². The minimum absolute atomic E-state index is 0.00927. The Hall–Kier alpha value is -2.43. The highest BCUT2D eigenvalue weighted by molar-refractivity contribution is 8.01. The van der Waals surface area contributed by atoms with Crippen molar-refractivity contribution < 1.29 is 18.0 Å². The summed E-state index contributed by atoms with van der Waals surface area (Å²) < 4.78 is 24.0. The molecule has 1 atom stereocenters. The number of amides is 2. The number of carbonyl (C=O) groups excluding carboxylic acids is 2. The first-order valence-corrected chi connectivity index (χ1v) is 11.9. The maximum atomic E-state index is 12.4. The molecule has 0 saturated heterocycles. The first-order valence-electron chi connectivity index (χ1n) is 8.27. The molecule has 1 aromatic heterocycles. The Balaban J connectivity index is 1.47. The number of para-hydroxylation sites is 1. The zero-order valence-corrected chi connectivity index (χ0v) is 17.1. The van der Waals surface area contributed by atoms with Crippen LogP contribution < -0.4 is 10.6 Å². The van der Waals surface area contributed by atoms with E-state index in [1.807, 2.05) is 24.3 Å². The van der Waals surface area contributed by atoms with Gasteiger partial charge in [-0.2, -0.15) is 0 Å². The molecule has 10 heteroatoms. The standard InChI is InChI=1S/C18H15N3O4S3/c1-28(24,25)10-6-7-12-14(8-10)27-18(20-12)21-16(22)9-15-17(23)19-11-4-2-3-5-13(11)26-15/h2-8,15H,9H2,1H3,(H,19,23)(H,20,21,22). The Morgan fingerprint density at radius 2 is 2.04 bits per heavy atom. The molecule has 0 saturated carbocycles. The van der Waals surface area contributed by atoms with E-state index in [-0.39, 0.29) is 23.1 Å². The fourth-order valence-corrected chi connectivity index (χ4v) is 5.51. The number of sulfone groups is 1. The molecule has 0 radical (unpaired) electrons. The van der Waals surface area contributed by atoms with Gasteiger partial charge < -0.3 is 10.6 Å². The van der Waals surface area contributed by atoms with Gasteiger partial charge in [0.05, 0.1) is 26.0 Å². The number of hydrogen-bond donors (Lipinski definition) is 2. The van der Waals surface area contributed by atoms with Crippen LogP contribution in [0.4, 0.5) is 10.8 Å². The van der Waals surface area contributed by atoms with Crippen LogP contribution in [-0.2, 0) is 19.4 Å². The van der Waals surface area contributed by atoms with E-state index in [0.717, 1.165) is 16.8 Å². The van der Waals surface area contributed by atoms with Crippen molar-refractivity contribution in [1.29, 1.82) is 0 Å². The number of hydrogen-bond acceptors (Lipinski definition) is 7. The summed E-state index contributed by atoms with van der Waals surface area (Å²) in [5, 5.41) is 5.36. The molecule has 144 valence electrons. The average Bonchev–Trinajstić information content (AvgIpc) is 3.02. The van der Waals surface area contributed by atoms with Crippen LogP contribution in [0.2, 0.25) is 0 Å². The molecule has 4 rings (SSSR count). The molecule has 1 aliphatic rings. The van der Waals surface area contributed by atoms with E-state index in [9.17, 15) is 18.0 Å². The first-order chi connectivity index (χ1) is 13.3. The molecule has 0 spiro atoms. The third-order valence-electron chi connectivity index (χ3n) is 4.11. The zero-order valence-electron chi connectivity index (χ0n) is 14.6. The smallest absolute Gasteiger partial charge is 0.238 e. The number of aromatic nitrogens is 1. The monoisotopic (exact) mass is 433 g/mol. The molecule has 2 heterocycles. The largest absolute Gasteiger partial charge is 0.324 e. The summed E-state index contributed by atoms with van der Waals surface area (Å²) in [7, 11) is -3.31. The molecule has 28 heavy (non-hydrogen) atoms. The molecule has 2 amide bonds. The normalized spacial score (nSPS) is 16.5. The SMILES string of the molecule is CS(=O)(=O)c1ccc2nc(NC(=O)CC3Sc4ccccc4NC3=O)sc2c1. The summed E-state index contributed by atoms with van der Waals surface area (Å²) in [6, 6.07) is 12.1. The molecule has 2 N–H and O–H groups in total. The van der Waals surface area contributed by atoms with Gasteiger partial charge in [0.15, 0.2) is 15.0 Å². The highest BCUT2D eigenvalue weighted by Crippen LogP contribution is 2.37. The molecule has 3 aromatic rings. The lowest BCUT2D eigenvalue weighted by Crippen LogP contribution is -2.32. The number of carbonyl (C=O) groups is 2. The van der Waals surface area contributed by atoms with E-state index in [4.69, 9.17) is 0 Å². The molecule has 0 bridgehead atoms. The van der Waals surface area contributed by atoms with Crippen LogP contribution in [0.15, 0.2) is 52.3 Å². The first kappa shape index (κ1) is 18.9. The van der Waals surface area contributed by atoms with Crippen molar-refractivity contribution in [3.05, 3.63) is 42.5 Å². The van der Waals surface area contributed by atoms with Crippen molar-refractivity contribution in [2.24, 2.45) is 0 Å². The summed E-state index contributed by atoms with van der Waals surface area (Å²) in [5.74, 6) is -0.532. The summed E-state index contributed by atoms with van der Waals surface area (Å²) in [6.07, 6.45) is 1.15. The van der Waals surface area contributed by atoms with E-state index in [2.05, 4.69) is 15.6 Å². The quantitative estimate of drug-likeness (QED) is 0.655. The number of thiazole rings is 1. The van der Waals surface area contributed by atoms with Gasteiger partial charge in [0.25, 0.3) is 0 Å². The lowest BCUT2D eigenvalue weighted by atomic mass is 10.2. The molecule has 1 unspecified atom stereocenters. The van der Waals surface area contributed by atoms with Crippen molar-refractivity contribution >= 4 is 65.8 Å². The number of anilines is 2. The van der Waals surface area contributed by atoms with Crippen molar-refractivity contribution in [3.8, 4) is 0 Å². The van der Waals surface area contributed by atoms with Gasteiger partial charge in [-0.1, -0.05) is 23.5 Å². The predicted octanol–water partition coefficient (Wildman–Crippen LogP) is 3.14. The third kappa shape index (κ3) is 3.89. The molecular formula is C18H15N3O4S3. The third-order valence-corrected chi connectivity index (χ3v) is 7.43. The van der Waals surface area contributed by atoms with Crippen molar-refractivity contribution in [2.45, 2.75) is 21.5 Å². The van der Waals surface area contributed by atoms with Crippen LogP contribution in [0, 0.1) is 0 Å². The second-order valence-electron chi connectivity index (χ2n) is 6.26. The van der Waals surface area contributed by atoms with Gasteiger partial charge in [0.2, 0.25) is 11.8 Å². The van der Waals surface area contributed by atoms with Crippen molar-refractivity contribution in [2.75, 3.05) is 16.9 Å². The topological polar surface area (TPSA) is 105 Å². The molecule has 7 nitrogen and oxygen atoms in total. The predicted molar refractivity (Wildman–Crippen MR) is 111 cm³/mol. The molecule has 0 aliphatic carbocycles. The Morgan fingerprint density at radius 3 is 2.82 bits per heavy atom. The number of fused-ring (bicyclic) bond motifs is 2. The van der Waals surface area contributed by atoms with Crippen LogP contribution >= 0.6 is 23.1 Å². The maximum absolute atomic E-state index is 12.4. The number of rotatable bonds is 4. The molecule has 0 fully saturated rings. The molecule has 2 aromatic carbocycles. The summed E-state index contributed by atoms with van der Waals surface area (Å²) in [6.45, 7) is 0. The van der Waals surface area contributed by atoms with Crippen LogP contribution in [0.5, 0.6) is 0 Å². The van der Waals surface area contributed by atoms with Crippen LogP contribution in [0.25, 0.3) is 10.2 Å². The minimum atomic E-state index is -3.31. The number of nitrogens with zero attached hydrogens (tertiary/aromatic N) is 1. The van der Waals surface area contributed by atoms with Gasteiger partial charge in [0, 0.05) is 17.6 Å². The fraction of sp³-hybridized carbons (Fsp3) is 0.167. The van der Waals surface area contributed by atoms with E-state index in [1.165, 1.54) is 29.2 Å². The minimum Gasteiger partial charge on any atom is -0.324 e. The Kier molecular flexibility index (Phi) is 4.86. The summed E-state index contributed by atoms with van der Waals surface area (Å²) >= 11 is 2.55. The van der Waals surface area contributed by atoms with Crippen molar-refractivity contribution in [1.82, 2.24) is 4.98 Å². The Labute approximate surface area is 169 Å². The number of benzene rings is 2. The second kappa shape index (κ2) is 7.19. The highest BCUT2D eigenvalue weighted by Gasteiger charge is 2.29.